The van der Waals surface area contributed by atoms with Crippen LogP contribution in [0.3, 0.4) is 0 Å². The summed E-state index contributed by atoms with van der Waals surface area (Å²) < 4.78 is 11.2. The number of nitrogens with two attached hydrogens (primary N) is 1. The number of para-hydroxylation sites is 1. The van der Waals surface area contributed by atoms with Gasteiger partial charge in [-0.15, -0.1) is 0 Å². The highest BCUT2D eigenvalue weighted by atomic mass is 79.9. The fourth-order valence-corrected chi connectivity index (χ4v) is 2.07. The van der Waals surface area contributed by atoms with Gasteiger partial charge in [0.1, 0.15) is 17.2 Å². The number of methoxy groups -OCH3 is 1. The van der Waals surface area contributed by atoms with E-state index in [1.54, 1.807) is 31.4 Å². The molecule has 0 radical (unpaired) electrons. The van der Waals surface area contributed by atoms with E-state index in [-0.39, 0.29) is 17.1 Å². The Morgan fingerprint density at radius 3 is 2.60 bits per heavy atom. The minimum Gasteiger partial charge on any atom is -0.497 e. The molecule has 0 unspecified atom stereocenters. The highest BCUT2D eigenvalue weighted by Gasteiger charge is 2.20. The molecule has 2 rings (SSSR count). The van der Waals surface area contributed by atoms with Crippen molar-refractivity contribution in [2.45, 2.75) is 0 Å². The second-order valence-electron chi connectivity index (χ2n) is 3.85. The van der Waals surface area contributed by atoms with Crippen molar-refractivity contribution in [3.05, 3.63) is 51.0 Å². The molecule has 2 N–H and O–H groups in total. The van der Waals surface area contributed by atoms with Crippen molar-refractivity contribution >= 4 is 27.3 Å². The lowest BCUT2D eigenvalue weighted by Gasteiger charge is -2.10. The number of nitrogen functional groups attached to an aromatic ring is 1. The third kappa shape index (κ3) is 2.83. The molecule has 104 valence electrons. The van der Waals surface area contributed by atoms with Crippen molar-refractivity contribution in [1.29, 1.82) is 0 Å². The van der Waals surface area contributed by atoms with Crippen molar-refractivity contribution < 1.29 is 14.4 Å². The van der Waals surface area contributed by atoms with E-state index in [4.69, 9.17) is 15.2 Å². The van der Waals surface area contributed by atoms with E-state index in [9.17, 15) is 10.1 Å². The molecular formula is C13H11BrN2O4. The summed E-state index contributed by atoms with van der Waals surface area (Å²) in [5, 5.41) is 11.0. The number of halogens is 1. The molecule has 7 heteroatoms. The van der Waals surface area contributed by atoms with Crippen LogP contribution in [0.1, 0.15) is 0 Å². The van der Waals surface area contributed by atoms with E-state index in [0.29, 0.717) is 16.0 Å². The van der Waals surface area contributed by atoms with Crippen molar-refractivity contribution in [2.75, 3.05) is 12.8 Å². The number of nitro groups is 1. The fraction of sp³-hybridized carbons (Fsp3) is 0.0769. The monoisotopic (exact) mass is 338 g/mol. The minimum absolute atomic E-state index is 0.0529. The van der Waals surface area contributed by atoms with E-state index in [2.05, 4.69) is 15.9 Å². The molecule has 0 heterocycles. The van der Waals surface area contributed by atoms with E-state index < -0.39 is 4.92 Å². The zero-order valence-corrected chi connectivity index (χ0v) is 12.1. The van der Waals surface area contributed by atoms with Crippen LogP contribution in [0.2, 0.25) is 0 Å². The molecule has 2 aromatic rings. The van der Waals surface area contributed by atoms with Gasteiger partial charge in [0.2, 0.25) is 5.75 Å². The number of rotatable bonds is 4. The van der Waals surface area contributed by atoms with Gasteiger partial charge in [0.25, 0.3) is 0 Å². The Morgan fingerprint density at radius 2 is 2.00 bits per heavy atom. The summed E-state index contributed by atoms with van der Waals surface area (Å²) in [6.45, 7) is 0. The van der Waals surface area contributed by atoms with E-state index in [1.165, 1.54) is 12.1 Å². The summed E-state index contributed by atoms with van der Waals surface area (Å²) in [4.78, 5) is 10.5. The SMILES string of the molecule is COc1ccc(Oc2cccc(N)c2[N+](=O)[O-])c(Br)c1. The van der Waals surface area contributed by atoms with E-state index in [1.807, 2.05) is 0 Å². The molecule has 0 aliphatic heterocycles. The molecule has 0 saturated heterocycles. The van der Waals surface area contributed by atoms with Gasteiger partial charge in [-0.1, -0.05) is 6.07 Å². The molecule has 0 spiro atoms. The standard InChI is InChI=1S/C13H11BrN2O4/c1-19-8-5-6-11(9(14)7-8)20-12-4-2-3-10(15)13(12)16(17)18/h2-7H,15H2,1H3. The first-order valence-electron chi connectivity index (χ1n) is 5.57. The first-order chi connectivity index (χ1) is 9.52. The molecule has 0 amide bonds. The number of benzene rings is 2. The van der Waals surface area contributed by atoms with Gasteiger partial charge < -0.3 is 15.2 Å². The van der Waals surface area contributed by atoms with Gasteiger partial charge in [0.15, 0.2) is 0 Å². The maximum absolute atomic E-state index is 11.0. The molecule has 0 atom stereocenters. The molecule has 0 fully saturated rings. The number of ether oxygens (including phenoxy) is 2. The van der Waals surface area contributed by atoms with Crippen molar-refractivity contribution in [3.8, 4) is 17.2 Å². The van der Waals surface area contributed by atoms with Gasteiger partial charge in [0, 0.05) is 0 Å². The van der Waals surface area contributed by atoms with Gasteiger partial charge in [0.05, 0.1) is 16.5 Å². The van der Waals surface area contributed by atoms with Crippen LogP contribution >= 0.6 is 15.9 Å². The topological polar surface area (TPSA) is 87.6 Å². The van der Waals surface area contributed by atoms with Gasteiger partial charge in [-0.25, -0.2) is 0 Å². The summed E-state index contributed by atoms with van der Waals surface area (Å²) in [6, 6.07) is 9.58. The molecule has 6 nitrogen and oxygen atoms in total. The maximum atomic E-state index is 11.0. The van der Waals surface area contributed by atoms with Gasteiger partial charge in [-0.05, 0) is 46.3 Å². The van der Waals surface area contributed by atoms with Crippen molar-refractivity contribution in [2.24, 2.45) is 0 Å². The summed E-state index contributed by atoms with van der Waals surface area (Å²) in [6.07, 6.45) is 0. The molecule has 20 heavy (non-hydrogen) atoms. The van der Waals surface area contributed by atoms with Gasteiger partial charge in [-0.3, -0.25) is 10.1 Å². The fourth-order valence-electron chi connectivity index (χ4n) is 1.63. The van der Waals surface area contributed by atoms with Crippen LogP contribution in [0.5, 0.6) is 17.2 Å². The summed E-state index contributed by atoms with van der Waals surface area (Å²) in [5.74, 6) is 1.16. The second-order valence-corrected chi connectivity index (χ2v) is 4.70. The molecule has 2 aromatic carbocycles. The first kappa shape index (κ1) is 14.1. The van der Waals surface area contributed by atoms with Gasteiger partial charge >= 0.3 is 5.69 Å². The third-order valence-electron chi connectivity index (χ3n) is 2.57. The van der Waals surface area contributed by atoms with Crippen LogP contribution in [0.4, 0.5) is 11.4 Å². The third-order valence-corrected chi connectivity index (χ3v) is 3.19. The van der Waals surface area contributed by atoms with Crippen molar-refractivity contribution in [1.82, 2.24) is 0 Å². The van der Waals surface area contributed by atoms with Crippen LogP contribution in [-0.2, 0) is 0 Å². The number of anilines is 1. The Kier molecular flexibility index (Phi) is 4.09. The highest BCUT2D eigenvalue weighted by Crippen LogP contribution is 2.39. The molecule has 0 saturated carbocycles. The summed E-state index contributed by atoms with van der Waals surface area (Å²) >= 11 is 3.32. The Bertz CT molecular complexity index is 661. The molecule has 0 aliphatic rings. The smallest absolute Gasteiger partial charge is 0.334 e. The van der Waals surface area contributed by atoms with Crippen LogP contribution in [0.25, 0.3) is 0 Å². The molecule has 0 aliphatic carbocycles. The predicted molar refractivity (Wildman–Crippen MR) is 78.3 cm³/mol. The maximum Gasteiger partial charge on any atom is 0.334 e. The van der Waals surface area contributed by atoms with Crippen LogP contribution < -0.4 is 15.2 Å². The quantitative estimate of drug-likeness (QED) is 0.521. The van der Waals surface area contributed by atoms with Gasteiger partial charge in [-0.2, -0.15) is 0 Å². The Hall–Kier alpha value is -2.28. The normalized spacial score (nSPS) is 10.1. The highest BCUT2D eigenvalue weighted by molar-refractivity contribution is 9.10. The van der Waals surface area contributed by atoms with E-state index >= 15 is 0 Å². The van der Waals surface area contributed by atoms with Crippen LogP contribution in [-0.4, -0.2) is 12.0 Å². The van der Waals surface area contributed by atoms with Crippen LogP contribution in [0.15, 0.2) is 40.9 Å². The van der Waals surface area contributed by atoms with Crippen LogP contribution in [0, 0.1) is 10.1 Å². The summed E-state index contributed by atoms with van der Waals surface area (Å²) in [5.41, 5.74) is 5.40. The molecule has 0 aromatic heterocycles. The Morgan fingerprint density at radius 1 is 1.25 bits per heavy atom. The number of hydrogen-bond donors (Lipinski definition) is 1. The molecule has 0 bridgehead atoms. The van der Waals surface area contributed by atoms with Crippen molar-refractivity contribution in [3.63, 3.8) is 0 Å². The average molecular weight is 339 g/mol. The first-order valence-corrected chi connectivity index (χ1v) is 6.36. The summed E-state index contributed by atoms with van der Waals surface area (Å²) in [7, 11) is 1.55. The minimum atomic E-state index is -0.567. The average Bonchev–Trinajstić information content (AvgIpc) is 2.40. The Labute approximate surface area is 123 Å². The number of nitro benzene ring substituents is 1. The number of nitrogens with zero attached hydrogens (tertiary/aromatic N) is 1. The predicted octanol–water partition coefficient (Wildman–Crippen LogP) is 3.74. The van der Waals surface area contributed by atoms with E-state index in [0.717, 1.165) is 0 Å². The number of hydrogen-bond acceptors (Lipinski definition) is 5. The molecular weight excluding hydrogens is 328 g/mol. The lowest BCUT2D eigenvalue weighted by Crippen LogP contribution is -1.98. The largest absolute Gasteiger partial charge is 0.497 e. The lowest BCUT2D eigenvalue weighted by molar-refractivity contribution is -0.384. The lowest BCUT2D eigenvalue weighted by atomic mass is 10.2. The zero-order chi connectivity index (χ0) is 14.7. The Balaban J connectivity index is 2.40. The second kappa shape index (κ2) is 5.79. The zero-order valence-electron chi connectivity index (χ0n) is 10.5.